The van der Waals surface area contributed by atoms with Crippen LogP contribution in [-0.2, 0) is 13.1 Å². The third kappa shape index (κ3) is 3.45. The number of aliphatic hydroxyl groups excluding tert-OH is 2. The number of nitrogens with zero attached hydrogens (tertiary/aromatic N) is 2. The van der Waals surface area contributed by atoms with Gasteiger partial charge in [-0.15, -0.1) is 0 Å². The maximum atomic E-state index is 9.18. The van der Waals surface area contributed by atoms with Crippen molar-refractivity contribution in [2.75, 3.05) is 13.2 Å². The van der Waals surface area contributed by atoms with Crippen LogP contribution in [0.25, 0.3) is 0 Å². The van der Waals surface area contributed by atoms with Crippen molar-refractivity contribution >= 4 is 0 Å². The molecule has 1 aromatic rings. The molecule has 0 radical (unpaired) electrons. The lowest BCUT2D eigenvalue weighted by molar-refractivity contribution is 0.0812. The number of nitrogens with one attached hydrogen (secondary N) is 1. The van der Waals surface area contributed by atoms with Crippen LogP contribution in [0.4, 0.5) is 0 Å². The van der Waals surface area contributed by atoms with Crippen LogP contribution in [0.2, 0.25) is 0 Å². The average molecular weight is 199 g/mol. The molecule has 1 atom stereocenters. The van der Waals surface area contributed by atoms with Crippen LogP contribution in [0.15, 0.2) is 12.5 Å². The summed E-state index contributed by atoms with van der Waals surface area (Å²) in [6, 6.07) is 0. The zero-order chi connectivity index (χ0) is 10.4. The highest BCUT2D eigenvalue weighted by atomic mass is 16.3. The Morgan fingerprint density at radius 1 is 1.64 bits per heavy atom. The number of aliphatic hydroxyl groups is 2. The first-order valence-corrected chi connectivity index (χ1v) is 4.76. The van der Waals surface area contributed by atoms with E-state index in [1.807, 2.05) is 13.1 Å². The molecule has 5 nitrogen and oxygen atoms in total. The quantitative estimate of drug-likeness (QED) is 0.569. The van der Waals surface area contributed by atoms with E-state index < -0.39 is 6.10 Å². The molecule has 0 spiro atoms. The molecule has 80 valence electrons. The van der Waals surface area contributed by atoms with Crippen molar-refractivity contribution in [3.05, 3.63) is 18.2 Å². The fourth-order valence-corrected chi connectivity index (χ4v) is 1.15. The Morgan fingerprint density at radius 2 is 2.43 bits per heavy atom. The van der Waals surface area contributed by atoms with Crippen molar-refractivity contribution in [2.45, 2.75) is 26.1 Å². The Bertz CT molecular complexity index is 262. The van der Waals surface area contributed by atoms with Crippen molar-refractivity contribution in [1.29, 1.82) is 0 Å². The highest BCUT2D eigenvalue weighted by molar-refractivity contribution is 4.96. The van der Waals surface area contributed by atoms with Crippen molar-refractivity contribution in [3.63, 3.8) is 0 Å². The molecule has 14 heavy (non-hydrogen) atoms. The van der Waals surface area contributed by atoms with Crippen LogP contribution in [0.3, 0.4) is 0 Å². The van der Waals surface area contributed by atoms with Gasteiger partial charge in [-0.25, -0.2) is 4.98 Å². The van der Waals surface area contributed by atoms with Gasteiger partial charge in [0.15, 0.2) is 0 Å². The topological polar surface area (TPSA) is 70.3 Å². The molecule has 1 heterocycles. The maximum Gasteiger partial charge on any atom is 0.0950 e. The van der Waals surface area contributed by atoms with Crippen LogP contribution in [0.1, 0.15) is 12.6 Å². The van der Waals surface area contributed by atoms with E-state index in [4.69, 9.17) is 5.11 Å². The minimum Gasteiger partial charge on any atom is -0.394 e. The van der Waals surface area contributed by atoms with Crippen molar-refractivity contribution in [1.82, 2.24) is 14.9 Å². The van der Waals surface area contributed by atoms with Crippen LogP contribution >= 0.6 is 0 Å². The average Bonchev–Trinajstić information content (AvgIpc) is 2.62. The predicted octanol–water partition coefficient (Wildman–Crippen LogP) is -0.654. The highest BCUT2D eigenvalue weighted by Gasteiger charge is 2.04. The number of rotatable bonds is 6. The summed E-state index contributed by atoms with van der Waals surface area (Å²) in [7, 11) is 0. The van der Waals surface area contributed by atoms with Crippen LogP contribution in [-0.4, -0.2) is 39.0 Å². The summed E-state index contributed by atoms with van der Waals surface area (Å²) in [5.41, 5.74) is 0.942. The standard InChI is InChI=1S/C9H17N3O2/c1-2-10-3-8-4-12(7-11-8)5-9(14)6-13/h4,7,9-10,13-14H,2-3,5-6H2,1H3. The zero-order valence-electron chi connectivity index (χ0n) is 8.35. The summed E-state index contributed by atoms with van der Waals surface area (Å²) >= 11 is 0. The monoisotopic (exact) mass is 199 g/mol. The lowest BCUT2D eigenvalue weighted by atomic mass is 10.4. The molecule has 0 aliphatic heterocycles. The fourth-order valence-electron chi connectivity index (χ4n) is 1.15. The van der Waals surface area contributed by atoms with E-state index in [0.29, 0.717) is 6.54 Å². The third-order valence-electron chi connectivity index (χ3n) is 1.88. The first-order chi connectivity index (χ1) is 6.76. The number of hydrogen-bond acceptors (Lipinski definition) is 4. The second kappa shape index (κ2) is 5.74. The molecule has 0 fully saturated rings. The predicted molar refractivity (Wildman–Crippen MR) is 52.7 cm³/mol. The van der Waals surface area contributed by atoms with Gasteiger partial charge in [-0.2, -0.15) is 0 Å². The minimum absolute atomic E-state index is 0.222. The summed E-state index contributed by atoms with van der Waals surface area (Å²) < 4.78 is 1.77. The Kier molecular flexibility index (Phi) is 4.58. The van der Waals surface area contributed by atoms with E-state index in [9.17, 15) is 5.11 Å². The lowest BCUT2D eigenvalue weighted by Gasteiger charge is -2.06. The van der Waals surface area contributed by atoms with Gasteiger partial charge >= 0.3 is 0 Å². The number of aromatic nitrogens is 2. The molecule has 5 heteroatoms. The summed E-state index contributed by atoms with van der Waals surface area (Å²) in [6.45, 7) is 3.84. The van der Waals surface area contributed by atoms with Crippen molar-refractivity contribution in [2.24, 2.45) is 0 Å². The Morgan fingerprint density at radius 3 is 3.07 bits per heavy atom. The van der Waals surface area contributed by atoms with E-state index in [1.54, 1.807) is 10.9 Å². The molecule has 0 aliphatic carbocycles. The Labute approximate surface area is 83.4 Å². The molecule has 0 aromatic carbocycles. The molecule has 3 N–H and O–H groups in total. The fraction of sp³-hybridized carbons (Fsp3) is 0.667. The summed E-state index contributed by atoms with van der Waals surface area (Å²) in [5.74, 6) is 0. The first-order valence-electron chi connectivity index (χ1n) is 4.76. The van der Waals surface area contributed by atoms with E-state index in [1.165, 1.54) is 0 Å². The van der Waals surface area contributed by atoms with Gasteiger partial charge < -0.3 is 20.1 Å². The van der Waals surface area contributed by atoms with Gasteiger partial charge in [0.25, 0.3) is 0 Å². The second-order valence-corrected chi connectivity index (χ2v) is 3.18. The molecule has 1 rings (SSSR count). The molecule has 0 saturated heterocycles. The molecular formula is C9H17N3O2. The Hall–Kier alpha value is -0.910. The van der Waals surface area contributed by atoms with Gasteiger partial charge in [-0.1, -0.05) is 6.92 Å². The smallest absolute Gasteiger partial charge is 0.0950 e. The summed E-state index contributed by atoms with van der Waals surface area (Å²) in [6.07, 6.45) is 2.81. The van der Waals surface area contributed by atoms with Gasteiger partial charge in [-0.05, 0) is 6.54 Å². The molecule has 1 aromatic heterocycles. The van der Waals surface area contributed by atoms with E-state index >= 15 is 0 Å². The molecule has 0 saturated carbocycles. The Balaban J connectivity index is 2.42. The third-order valence-corrected chi connectivity index (χ3v) is 1.88. The van der Waals surface area contributed by atoms with Gasteiger partial charge in [0.1, 0.15) is 0 Å². The van der Waals surface area contributed by atoms with E-state index in [0.717, 1.165) is 18.8 Å². The van der Waals surface area contributed by atoms with E-state index in [2.05, 4.69) is 10.3 Å². The number of hydrogen-bond donors (Lipinski definition) is 3. The number of imidazole rings is 1. The molecule has 0 amide bonds. The molecule has 1 unspecified atom stereocenters. The van der Waals surface area contributed by atoms with Crippen molar-refractivity contribution in [3.8, 4) is 0 Å². The lowest BCUT2D eigenvalue weighted by Crippen LogP contribution is -2.18. The maximum absolute atomic E-state index is 9.18. The van der Waals surface area contributed by atoms with Gasteiger partial charge in [0.05, 0.1) is 31.3 Å². The zero-order valence-corrected chi connectivity index (χ0v) is 8.35. The largest absolute Gasteiger partial charge is 0.394 e. The summed E-state index contributed by atoms with van der Waals surface area (Å²) in [4.78, 5) is 4.15. The molecule has 0 aliphatic rings. The van der Waals surface area contributed by atoms with Crippen LogP contribution in [0.5, 0.6) is 0 Å². The SMILES string of the molecule is CCNCc1cn(CC(O)CO)cn1. The van der Waals surface area contributed by atoms with Crippen LogP contribution < -0.4 is 5.32 Å². The first kappa shape index (κ1) is 11.2. The van der Waals surface area contributed by atoms with Gasteiger partial charge in [0, 0.05) is 12.7 Å². The normalized spacial score (nSPS) is 13.1. The highest BCUT2D eigenvalue weighted by Crippen LogP contribution is 1.97. The molecular weight excluding hydrogens is 182 g/mol. The van der Waals surface area contributed by atoms with Crippen molar-refractivity contribution < 1.29 is 10.2 Å². The van der Waals surface area contributed by atoms with Gasteiger partial charge in [-0.3, -0.25) is 0 Å². The summed E-state index contributed by atoms with van der Waals surface area (Å²) in [5, 5.41) is 21.0. The second-order valence-electron chi connectivity index (χ2n) is 3.18. The van der Waals surface area contributed by atoms with Gasteiger partial charge in [0.2, 0.25) is 0 Å². The van der Waals surface area contributed by atoms with E-state index in [-0.39, 0.29) is 6.61 Å². The van der Waals surface area contributed by atoms with Crippen LogP contribution in [0, 0.1) is 0 Å². The minimum atomic E-state index is -0.712. The molecule has 0 bridgehead atoms.